The molecule has 2 aliphatic rings. The Hall–Kier alpha value is -3.09. The third-order valence-electron chi connectivity index (χ3n) is 5.15. The number of fused-ring (bicyclic) bond motifs is 1. The van der Waals surface area contributed by atoms with Crippen LogP contribution < -0.4 is 14.5 Å². The van der Waals surface area contributed by atoms with Crippen LogP contribution in [0.5, 0.6) is 5.75 Å². The smallest absolute Gasteiger partial charge is 0.242 e. The van der Waals surface area contributed by atoms with E-state index in [0.717, 1.165) is 5.69 Å². The van der Waals surface area contributed by atoms with Crippen LogP contribution in [-0.4, -0.2) is 56.0 Å². The van der Waals surface area contributed by atoms with Crippen LogP contribution in [0.4, 0.5) is 15.8 Å². The van der Waals surface area contributed by atoms with Gasteiger partial charge >= 0.3 is 0 Å². The van der Waals surface area contributed by atoms with Crippen LogP contribution in [0.2, 0.25) is 0 Å². The van der Waals surface area contributed by atoms with Gasteiger partial charge in [0.2, 0.25) is 11.8 Å². The van der Waals surface area contributed by atoms with Gasteiger partial charge < -0.3 is 14.5 Å². The molecule has 0 aromatic heterocycles. The standard InChI is InChI=1S/C21H22FN3O3/c22-16-5-7-17(8-6-16)23-10-12-24(13-11-23)21(27)15-25-18-3-1-2-4-19(18)28-14-9-20(25)26/h1-8H,9-15H2. The number of carbonyl (C=O) groups excluding carboxylic acids is 2. The number of halogens is 1. The highest BCUT2D eigenvalue weighted by Crippen LogP contribution is 2.31. The van der Waals surface area contributed by atoms with Gasteiger partial charge in [-0.1, -0.05) is 12.1 Å². The van der Waals surface area contributed by atoms with Crippen molar-refractivity contribution in [2.45, 2.75) is 6.42 Å². The van der Waals surface area contributed by atoms with Gasteiger partial charge in [-0.3, -0.25) is 14.5 Å². The number of piperazine rings is 1. The van der Waals surface area contributed by atoms with Crippen molar-refractivity contribution in [3.05, 3.63) is 54.3 Å². The number of rotatable bonds is 3. The summed E-state index contributed by atoms with van der Waals surface area (Å²) in [7, 11) is 0. The van der Waals surface area contributed by atoms with Gasteiger partial charge in [0.1, 0.15) is 18.1 Å². The van der Waals surface area contributed by atoms with Gasteiger partial charge in [0.15, 0.2) is 0 Å². The molecule has 4 rings (SSSR count). The molecule has 1 saturated heterocycles. The van der Waals surface area contributed by atoms with Gasteiger partial charge in [0.05, 0.1) is 18.7 Å². The first-order valence-corrected chi connectivity index (χ1v) is 9.42. The Balaban J connectivity index is 1.40. The fourth-order valence-electron chi connectivity index (χ4n) is 3.59. The Kier molecular flexibility index (Phi) is 5.14. The average molecular weight is 383 g/mol. The third-order valence-corrected chi connectivity index (χ3v) is 5.15. The van der Waals surface area contributed by atoms with E-state index in [1.807, 2.05) is 18.2 Å². The number of nitrogens with zero attached hydrogens (tertiary/aromatic N) is 3. The second-order valence-electron chi connectivity index (χ2n) is 6.89. The molecule has 2 aromatic carbocycles. The molecular weight excluding hydrogens is 361 g/mol. The highest BCUT2D eigenvalue weighted by molar-refractivity contribution is 6.00. The summed E-state index contributed by atoms with van der Waals surface area (Å²) in [4.78, 5) is 30.8. The van der Waals surface area contributed by atoms with E-state index < -0.39 is 0 Å². The van der Waals surface area contributed by atoms with Crippen LogP contribution in [0.1, 0.15) is 6.42 Å². The predicted molar refractivity (Wildman–Crippen MR) is 104 cm³/mol. The molecule has 0 atom stereocenters. The minimum atomic E-state index is -0.260. The number of carbonyl (C=O) groups is 2. The van der Waals surface area contributed by atoms with E-state index in [0.29, 0.717) is 44.2 Å². The van der Waals surface area contributed by atoms with E-state index in [2.05, 4.69) is 4.90 Å². The SMILES string of the molecule is O=C(CN1C(=O)CCOc2ccccc21)N1CCN(c2ccc(F)cc2)CC1. The number of anilines is 2. The van der Waals surface area contributed by atoms with Crippen LogP contribution in [0.25, 0.3) is 0 Å². The molecule has 2 aliphatic heterocycles. The molecule has 146 valence electrons. The zero-order valence-corrected chi connectivity index (χ0v) is 15.5. The molecule has 0 saturated carbocycles. The quantitative estimate of drug-likeness (QED) is 0.816. The van der Waals surface area contributed by atoms with Crippen LogP contribution in [0, 0.1) is 5.82 Å². The normalized spacial score (nSPS) is 17.0. The topological polar surface area (TPSA) is 53.1 Å². The Labute approximate surface area is 163 Å². The first kappa shape index (κ1) is 18.3. The average Bonchev–Trinajstić information content (AvgIpc) is 2.88. The molecule has 2 aromatic rings. The summed E-state index contributed by atoms with van der Waals surface area (Å²) < 4.78 is 18.7. The first-order chi connectivity index (χ1) is 13.6. The molecule has 1 fully saturated rings. The Bertz CT molecular complexity index is 863. The van der Waals surface area contributed by atoms with Gasteiger partial charge in [0.25, 0.3) is 0 Å². The lowest BCUT2D eigenvalue weighted by atomic mass is 10.2. The Morgan fingerprint density at radius 2 is 1.71 bits per heavy atom. The number of hydrogen-bond donors (Lipinski definition) is 0. The molecule has 0 spiro atoms. The molecule has 6 nitrogen and oxygen atoms in total. The van der Waals surface area contributed by atoms with Crippen molar-refractivity contribution in [1.82, 2.24) is 4.90 Å². The van der Waals surface area contributed by atoms with E-state index in [-0.39, 0.29) is 30.6 Å². The van der Waals surface area contributed by atoms with E-state index in [9.17, 15) is 14.0 Å². The maximum absolute atomic E-state index is 13.1. The van der Waals surface area contributed by atoms with Gasteiger partial charge in [-0.15, -0.1) is 0 Å². The van der Waals surface area contributed by atoms with Crippen LogP contribution in [-0.2, 0) is 9.59 Å². The summed E-state index contributed by atoms with van der Waals surface area (Å²) in [5.74, 6) is 0.179. The lowest BCUT2D eigenvalue weighted by Gasteiger charge is -2.37. The minimum Gasteiger partial charge on any atom is -0.491 e. The van der Waals surface area contributed by atoms with Crippen molar-refractivity contribution < 1.29 is 18.7 Å². The van der Waals surface area contributed by atoms with Crippen molar-refractivity contribution in [3.63, 3.8) is 0 Å². The maximum Gasteiger partial charge on any atom is 0.242 e. The number of amides is 2. The highest BCUT2D eigenvalue weighted by Gasteiger charge is 2.28. The number of benzene rings is 2. The zero-order chi connectivity index (χ0) is 19.5. The molecule has 2 amide bonds. The Morgan fingerprint density at radius 1 is 1.00 bits per heavy atom. The second-order valence-corrected chi connectivity index (χ2v) is 6.89. The summed E-state index contributed by atoms with van der Waals surface area (Å²) in [5.41, 5.74) is 1.59. The predicted octanol–water partition coefficient (Wildman–Crippen LogP) is 2.29. The van der Waals surface area contributed by atoms with Crippen molar-refractivity contribution in [3.8, 4) is 5.75 Å². The molecule has 0 bridgehead atoms. The minimum absolute atomic E-state index is 0.00968. The zero-order valence-electron chi connectivity index (χ0n) is 15.5. The van der Waals surface area contributed by atoms with Gasteiger partial charge in [-0.25, -0.2) is 4.39 Å². The van der Waals surface area contributed by atoms with E-state index in [1.54, 1.807) is 23.1 Å². The molecular formula is C21H22FN3O3. The van der Waals surface area contributed by atoms with Crippen LogP contribution in [0.15, 0.2) is 48.5 Å². The summed E-state index contributed by atoms with van der Waals surface area (Å²) in [5, 5.41) is 0. The van der Waals surface area contributed by atoms with E-state index in [1.165, 1.54) is 17.0 Å². The summed E-state index contributed by atoms with van der Waals surface area (Å²) in [6.07, 6.45) is 0.250. The molecule has 0 aliphatic carbocycles. The summed E-state index contributed by atoms with van der Waals surface area (Å²) in [6, 6.07) is 13.7. The molecule has 28 heavy (non-hydrogen) atoms. The largest absolute Gasteiger partial charge is 0.491 e. The number of hydrogen-bond acceptors (Lipinski definition) is 4. The molecule has 0 unspecified atom stereocenters. The lowest BCUT2D eigenvalue weighted by Crippen LogP contribution is -2.52. The van der Waals surface area contributed by atoms with Gasteiger partial charge in [-0.05, 0) is 36.4 Å². The lowest BCUT2D eigenvalue weighted by molar-refractivity contribution is -0.131. The molecule has 7 heteroatoms. The van der Waals surface area contributed by atoms with Crippen molar-refractivity contribution in [2.75, 3.05) is 49.1 Å². The van der Waals surface area contributed by atoms with Crippen molar-refractivity contribution >= 4 is 23.2 Å². The second kappa shape index (κ2) is 7.88. The fraction of sp³-hybridized carbons (Fsp3) is 0.333. The number of ether oxygens (including phenoxy) is 1. The van der Waals surface area contributed by atoms with Crippen molar-refractivity contribution in [1.29, 1.82) is 0 Å². The Morgan fingerprint density at radius 3 is 2.46 bits per heavy atom. The first-order valence-electron chi connectivity index (χ1n) is 9.42. The summed E-state index contributed by atoms with van der Waals surface area (Å²) >= 11 is 0. The van der Waals surface area contributed by atoms with Crippen molar-refractivity contribution in [2.24, 2.45) is 0 Å². The van der Waals surface area contributed by atoms with E-state index in [4.69, 9.17) is 4.74 Å². The number of para-hydroxylation sites is 2. The molecule has 0 radical (unpaired) electrons. The van der Waals surface area contributed by atoms with Gasteiger partial charge in [-0.2, -0.15) is 0 Å². The van der Waals surface area contributed by atoms with Gasteiger partial charge in [0, 0.05) is 31.9 Å². The third kappa shape index (κ3) is 3.78. The summed E-state index contributed by atoms with van der Waals surface area (Å²) in [6.45, 7) is 2.80. The van der Waals surface area contributed by atoms with Crippen LogP contribution >= 0.6 is 0 Å². The van der Waals surface area contributed by atoms with E-state index >= 15 is 0 Å². The molecule has 0 N–H and O–H groups in total. The monoisotopic (exact) mass is 383 g/mol. The van der Waals surface area contributed by atoms with Crippen LogP contribution in [0.3, 0.4) is 0 Å². The highest BCUT2D eigenvalue weighted by atomic mass is 19.1. The molecule has 2 heterocycles. The maximum atomic E-state index is 13.1. The fourth-order valence-corrected chi connectivity index (χ4v) is 3.59.